The molecule has 1 aliphatic heterocycles. The van der Waals surface area contributed by atoms with E-state index in [0.29, 0.717) is 30.0 Å². The van der Waals surface area contributed by atoms with E-state index in [1.165, 1.54) is 31.2 Å². The first-order chi connectivity index (χ1) is 18.1. The van der Waals surface area contributed by atoms with Crippen LogP contribution in [0.15, 0.2) is 30.6 Å². The highest BCUT2D eigenvalue weighted by Gasteiger charge is 2.26. The lowest BCUT2D eigenvalue weighted by Gasteiger charge is -2.32. The summed E-state index contributed by atoms with van der Waals surface area (Å²) in [5, 5.41) is 6.75. The molecule has 37 heavy (non-hydrogen) atoms. The number of anilines is 2. The summed E-state index contributed by atoms with van der Waals surface area (Å²) < 4.78 is 2.29. The highest BCUT2D eigenvalue weighted by Crippen LogP contribution is 2.34. The van der Waals surface area contributed by atoms with Gasteiger partial charge in [0.2, 0.25) is 5.95 Å². The zero-order valence-corrected chi connectivity index (χ0v) is 22.3. The summed E-state index contributed by atoms with van der Waals surface area (Å²) in [5.74, 6) is 2.18. The van der Waals surface area contributed by atoms with Crippen molar-refractivity contribution in [3.8, 4) is 0 Å². The molecular formula is C28H39ClN8. The van der Waals surface area contributed by atoms with E-state index in [2.05, 4.69) is 32.5 Å². The first-order valence-electron chi connectivity index (χ1n) is 14.1. The number of nitrogens with one attached hydrogen (secondary N) is 2. The van der Waals surface area contributed by atoms with Gasteiger partial charge < -0.3 is 21.0 Å². The quantitative estimate of drug-likeness (QED) is 0.374. The summed E-state index contributed by atoms with van der Waals surface area (Å²) in [6.45, 7) is 1.95. The van der Waals surface area contributed by atoms with Gasteiger partial charge in [0.15, 0.2) is 17.0 Å². The number of piperidine rings is 1. The number of hydrazine groups is 1. The molecule has 0 atom stereocenters. The SMILES string of the molecule is NC1CCC(Nc2nc(NN3CCC(Cc4cccc(Cl)c4)CC3)c3ncn(C4CCCC4)c3n2)CC1. The average molecular weight is 523 g/mol. The molecule has 2 saturated carbocycles. The Morgan fingerprint density at radius 2 is 1.76 bits per heavy atom. The van der Waals surface area contributed by atoms with Crippen LogP contribution in [0.5, 0.6) is 0 Å². The molecule has 3 aliphatic rings. The standard InChI is InChI=1S/C28H39ClN8/c29-21-5-3-4-20(17-21)16-19-12-14-36(15-13-19)35-26-25-27(37(18-31-25)24-6-1-2-7-24)34-28(33-26)32-23-10-8-22(30)9-11-23/h3-5,17-19,22-24H,1-2,6-16,30H2,(H2,32,33,34,35). The molecule has 3 heterocycles. The summed E-state index contributed by atoms with van der Waals surface area (Å²) >= 11 is 6.20. The van der Waals surface area contributed by atoms with Crippen molar-refractivity contribution in [3.63, 3.8) is 0 Å². The van der Waals surface area contributed by atoms with E-state index in [0.717, 1.165) is 80.0 Å². The molecule has 0 unspecified atom stereocenters. The predicted octanol–water partition coefficient (Wildman–Crippen LogP) is 5.56. The van der Waals surface area contributed by atoms with E-state index in [-0.39, 0.29) is 0 Å². The molecule has 1 saturated heterocycles. The molecule has 1 aromatic carbocycles. The van der Waals surface area contributed by atoms with Gasteiger partial charge in [-0.3, -0.25) is 0 Å². The average Bonchev–Trinajstić information content (AvgIpc) is 3.57. The van der Waals surface area contributed by atoms with Crippen LogP contribution in [-0.4, -0.2) is 49.7 Å². The molecule has 3 aromatic rings. The Hall–Kier alpha value is -2.42. The number of halogens is 1. The van der Waals surface area contributed by atoms with Crippen molar-refractivity contribution in [1.29, 1.82) is 0 Å². The van der Waals surface area contributed by atoms with E-state index >= 15 is 0 Å². The van der Waals surface area contributed by atoms with Crippen LogP contribution in [-0.2, 0) is 6.42 Å². The minimum absolute atomic E-state index is 0.323. The van der Waals surface area contributed by atoms with Crippen LogP contribution in [0.2, 0.25) is 5.02 Å². The number of hydrogen-bond donors (Lipinski definition) is 3. The van der Waals surface area contributed by atoms with Crippen LogP contribution in [0.25, 0.3) is 11.2 Å². The maximum Gasteiger partial charge on any atom is 0.227 e. The summed E-state index contributed by atoms with van der Waals surface area (Å²) in [6.07, 6.45) is 14.5. The number of rotatable bonds is 7. The molecule has 0 bridgehead atoms. The summed E-state index contributed by atoms with van der Waals surface area (Å²) in [4.78, 5) is 14.7. The third-order valence-electron chi connectivity index (χ3n) is 8.54. The van der Waals surface area contributed by atoms with Gasteiger partial charge in [-0.05, 0) is 81.4 Å². The summed E-state index contributed by atoms with van der Waals surface area (Å²) in [7, 11) is 0. The lowest BCUT2D eigenvalue weighted by atomic mass is 9.91. The fraction of sp³-hybridized carbons (Fsp3) is 0.607. The smallest absolute Gasteiger partial charge is 0.227 e. The zero-order valence-electron chi connectivity index (χ0n) is 21.6. The van der Waals surface area contributed by atoms with Gasteiger partial charge in [-0.1, -0.05) is 36.6 Å². The van der Waals surface area contributed by atoms with Gasteiger partial charge in [0, 0.05) is 36.2 Å². The Kier molecular flexibility index (Phi) is 7.49. The molecule has 2 aromatic heterocycles. The second-order valence-electron chi connectivity index (χ2n) is 11.3. The lowest BCUT2D eigenvalue weighted by Crippen LogP contribution is -2.39. The van der Waals surface area contributed by atoms with Gasteiger partial charge in [0.25, 0.3) is 0 Å². The fourth-order valence-corrected chi connectivity index (χ4v) is 6.56. The van der Waals surface area contributed by atoms with E-state index in [4.69, 9.17) is 32.3 Å². The largest absolute Gasteiger partial charge is 0.351 e. The van der Waals surface area contributed by atoms with Crippen molar-refractivity contribution in [1.82, 2.24) is 24.5 Å². The molecule has 6 rings (SSSR count). The molecule has 9 heteroatoms. The Morgan fingerprint density at radius 3 is 2.51 bits per heavy atom. The second kappa shape index (κ2) is 11.1. The zero-order chi connectivity index (χ0) is 25.2. The predicted molar refractivity (Wildman–Crippen MR) is 150 cm³/mol. The van der Waals surface area contributed by atoms with Crippen molar-refractivity contribution in [2.45, 2.75) is 88.8 Å². The Balaban J connectivity index is 1.18. The van der Waals surface area contributed by atoms with E-state index < -0.39 is 0 Å². The highest BCUT2D eigenvalue weighted by atomic mass is 35.5. The summed E-state index contributed by atoms with van der Waals surface area (Å²) in [6, 6.07) is 9.45. The maximum atomic E-state index is 6.20. The van der Waals surface area contributed by atoms with Gasteiger partial charge in [-0.25, -0.2) is 9.99 Å². The summed E-state index contributed by atoms with van der Waals surface area (Å²) in [5.41, 5.74) is 12.9. The van der Waals surface area contributed by atoms with Crippen molar-refractivity contribution >= 4 is 34.5 Å². The van der Waals surface area contributed by atoms with E-state index in [9.17, 15) is 0 Å². The molecule has 0 spiro atoms. The minimum Gasteiger partial charge on any atom is -0.351 e. The second-order valence-corrected chi connectivity index (χ2v) is 11.7. The van der Waals surface area contributed by atoms with Crippen LogP contribution >= 0.6 is 11.6 Å². The molecule has 8 nitrogen and oxygen atoms in total. The number of nitrogens with zero attached hydrogens (tertiary/aromatic N) is 5. The first kappa shape index (κ1) is 24.9. The lowest BCUT2D eigenvalue weighted by molar-refractivity contribution is 0.216. The maximum absolute atomic E-state index is 6.20. The third-order valence-corrected chi connectivity index (χ3v) is 8.77. The van der Waals surface area contributed by atoms with Crippen LogP contribution in [0.4, 0.5) is 11.8 Å². The molecule has 4 N–H and O–H groups in total. The normalized spacial score (nSPS) is 24.1. The Labute approximate surface area is 224 Å². The molecule has 0 radical (unpaired) electrons. The van der Waals surface area contributed by atoms with Crippen LogP contribution < -0.4 is 16.5 Å². The van der Waals surface area contributed by atoms with Crippen molar-refractivity contribution in [2.75, 3.05) is 23.8 Å². The number of nitrogens with two attached hydrogens (primary N) is 1. The number of benzene rings is 1. The molecule has 198 valence electrons. The Morgan fingerprint density at radius 1 is 0.973 bits per heavy atom. The number of aromatic nitrogens is 4. The van der Waals surface area contributed by atoms with E-state index in [1.807, 2.05) is 18.5 Å². The Bertz CT molecular complexity index is 1190. The monoisotopic (exact) mass is 522 g/mol. The first-order valence-corrected chi connectivity index (χ1v) is 14.5. The molecular weight excluding hydrogens is 484 g/mol. The van der Waals surface area contributed by atoms with Crippen molar-refractivity contribution < 1.29 is 0 Å². The highest BCUT2D eigenvalue weighted by molar-refractivity contribution is 6.30. The van der Waals surface area contributed by atoms with Crippen LogP contribution in [0.1, 0.15) is 75.8 Å². The van der Waals surface area contributed by atoms with Crippen molar-refractivity contribution in [2.24, 2.45) is 11.7 Å². The number of imidazole rings is 1. The molecule has 2 aliphatic carbocycles. The number of fused-ring (bicyclic) bond motifs is 1. The van der Waals surface area contributed by atoms with Gasteiger partial charge in [-0.15, -0.1) is 0 Å². The molecule has 0 amide bonds. The van der Waals surface area contributed by atoms with Gasteiger partial charge in [0.1, 0.15) is 0 Å². The van der Waals surface area contributed by atoms with Gasteiger partial charge in [-0.2, -0.15) is 9.97 Å². The fourth-order valence-electron chi connectivity index (χ4n) is 6.35. The topological polar surface area (TPSA) is 96.9 Å². The third kappa shape index (κ3) is 5.86. The van der Waals surface area contributed by atoms with Crippen LogP contribution in [0, 0.1) is 5.92 Å². The van der Waals surface area contributed by atoms with E-state index in [1.54, 1.807) is 0 Å². The van der Waals surface area contributed by atoms with Crippen LogP contribution in [0.3, 0.4) is 0 Å². The minimum atomic E-state index is 0.323. The molecule has 3 fully saturated rings. The number of hydrogen-bond acceptors (Lipinski definition) is 7. The van der Waals surface area contributed by atoms with Gasteiger partial charge in [0.05, 0.1) is 6.33 Å². The van der Waals surface area contributed by atoms with Crippen molar-refractivity contribution in [3.05, 3.63) is 41.2 Å². The van der Waals surface area contributed by atoms with Gasteiger partial charge >= 0.3 is 0 Å².